The summed E-state index contributed by atoms with van der Waals surface area (Å²) in [5.41, 5.74) is 0.931. The Balaban J connectivity index is 1.97. The minimum Gasteiger partial charge on any atom is -0.487 e. The minimum atomic E-state index is -1.79. The number of benzene rings is 1. The van der Waals surface area contributed by atoms with Crippen LogP contribution in [-0.4, -0.2) is 40.6 Å². The van der Waals surface area contributed by atoms with Gasteiger partial charge in [-0.1, -0.05) is 30.3 Å². The van der Waals surface area contributed by atoms with Gasteiger partial charge in [0.25, 0.3) is 5.91 Å². The highest BCUT2D eigenvalue weighted by molar-refractivity contribution is 6.04. The number of esters is 1. The van der Waals surface area contributed by atoms with Gasteiger partial charge in [-0.3, -0.25) is 4.79 Å². The lowest BCUT2D eigenvalue weighted by molar-refractivity contribution is -0.154. The first kappa shape index (κ1) is 18.9. The molecule has 1 heterocycles. The molecule has 0 aliphatic heterocycles. The van der Waals surface area contributed by atoms with Crippen LogP contribution < -0.4 is 10.1 Å². The van der Waals surface area contributed by atoms with E-state index in [0.29, 0.717) is 12.4 Å². The summed E-state index contributed by atoms with van der Waals surface area (Å²) in [5, 5.41) is 11.1. The Bertz CT molecular complexity index is 761. The van der Waals surface area contributed by atoms with Crippen LogP contribution in [0.4, 0.5) is 0 Å². The molecule has 1 amide bonds. The summed E-state index contributed by atoms with van der Waals surface area (Å²) < 4.78 is 10.2. The molecule has 26 heavy (non-hydrogen) atoms. The fourth-order valence-electron chi connectivity index (χ4n) is 1.99. The summed E-state index contributed by atoms with van der Waals surface area (Å²) in [4.78, 5) is 38.7. The zero-order valence-electron chi connectivity index (χ0n) is 14.0. The molecule has 8 heteroatoms. The number of ether oxygens (including phenoxy) is 2. The predicted octanol–water partition coefficient (Wildman–Crippen LogP) is 1.41. The number of pyridine rings is 1. The van der Waals surface area contributed by atoms with Crippen LogP contribution >= 0.6 is 0 Å². The molecule has 2 aromatic rings. The van der Waals surface area contributed by atoms with Crippen LogP contribution in [0, 0.1) is 0 Å². The highest BCUT2D eigenvalue weighted by Gasteiger charge is 2.30. The van der Waals surface area contributed by atoms with E-state index in [0.717, 1.165) is 5.56 Å². The summed E-state index contributed by atoms with van der Waals surface area (Å²) in [6.45, 7) is 1.89. The third-order valence-electron chi connectivity index (χ3n) is 3.26. The maximum atomic E-state index is 12.1. The topological polar surface area (TPSA) is 115 Å². The SMILES string of the molecule is CCOC(=O)C(NC(=O)c1ccc(OCc2ccccc2)cn1)C(=O)O. The van der Waals surface area contributed by atoms with Gasteiger partial charge < -0.3 is 19.9 Å². The second-order valence-corrected chi connectivity index (χ2v) is 5.15. The Morgan fingerprint density at radius 1 is 1.15 bits per heavy atom. The van der Waals surface area contributed by atoms with Gasteiger partial charge in [-0.05, 0) is 24.6 Å². The van der Waals surface area contributed by atoms with E-state index < -0.39 is 23.9 Å². The van der Waals surface area contributed by atoms with Gasteiger partial charge in [-0.2, -0.15) is 0 Å². The van der Waals surface area contributed by atoms with E-state index in [9.17, 15) is 14.4 Å². The van der Waals surface area contributed by atoms with Gasteiger partial charge in [0.2, 0.25) is 6.04 Å². The Kier molecular flexibility index (Phi) is 6.67. The van der Waals surface area contributed by atoms with Crippen molar-refractivity contribution in [2.45, 2.75) is 19.6 Å². The highest BCUT2D eigenvalue weighted by atomic mass is 16.5. The molecule has 0 aliphatic rings. The number of hydrogen-bond acceptors (Lipinski definition) is 6. The van der Waals surface area contributed by atoms with Crippen LogP contribution in [-0.2, 0) is 20.9 Å². The molecule has 2 rings (SSSR count). The standard InChI is InChI=1S/C18H18N2O6/c1-2-25-18(24)15(17(22)23)20-16(21)14-9-8-13(10-19-14)26-11-12-6-4-3-5-7-12/h3-10,15H,2,11H2,1H3,(H,20,21)(H,22,23). The molecular formula is C18H18N2O6. The molecule has 1 aromatic carbocycles. The zero-order chi connectivity index (χ0) is 18.9. The van der Waals surface area contributed by atoms with Crippen LogP contribution in [0.5, 0.6) is 5.75 Å². The fraction of sp³-hybridized carbons (Fsp3) is 0.222. The second-order valence-electron chi connectivity index (χ2n) is 5.15. The molecule has 136 valence electrons. The Hall–Kier alpha value is -3.42. The lowest BCUT2D eigenvalue weighted by atomic mass is 10.2. The van der Waals surface area contributed by atoms with Crippen molar-refractivity contribution in [3.8, 4) is 5.75 Å². The molecule has 0 spiro atoms. The van der Waals surface area contributed by atoms with Crippen LogP contribution in [0.25, 0.3) is 0 Å². The molecule has 1 atom stereocenters. The summed E-state index contributed by atoms with van der Waals surface area (Å²) in [6, 6.07) is 10.6. The summed E-state index contributed by atoms with van der Waals surface area (Å²) in [6.07, 6.45) is 1.35. The first-order chi connectivity index (χ1) is 12.5. The predicted molar refractivity (Wildman–Crippen MR) is 90.5 cm³/mol. The van der Waals surface area contributed by atoms with E-state index in [1.54, 1.807) is 0 Å². The quantitative estimate of drug-likeness (QED) is 0.541. The zero-order valence-corrected chi connectivity index (χ0v) is 14.0. The van der Waals surface area contributed by atoms with Crippen molar-refractivity contribution in [1.82, 2.24) is 10.3 Å². The van der Waals surface area contributed by atoms with Gasteiger partial charge in [0, 0.05) is 0 Å². The average molecular weight is 358 g/mol. The number of carbonyl (C=O) groups is 3. The third-order valence-corrected chi connectivity index (χ3v) is 3.26. The van der Waals surface area contributed by atoms with E-state index in [-0.39, 0.29) is 12.3 Å². The molecule has 0 aliphatic carbocycles. The summed E-state index contributed by atoms with van der Waals surface area (Å²) >= 11 is 0. The van der Waals surface area contributed by atoms with Gasteiger partial charge in [0.15, 0.2) is 0 Å². The van der Waals surface area contributed by atoms with Crippen molar-refractivity contribution in [3.63, 3.8) is 0 Å². The third kappa shape index (κ3) is 5.30. The number of carboxylic acid groups (broad SMARTS) is 1. The van der Waals surface area contributed by atoms with Crippen molar-refractivity contribution in [1.29, 1.82) is 0 Å². The first-order valence-corrected chi connectivity index (χ1v) is 7.84. The van der Waals surface area contributed by atoms with Gasteiger partial charge in [-0.15, -0.1) is 0 Å². The van der Waals surface area contributed by atoms with Crippen LogP contribution in [0.2, 0.25) is 0 Å². The smallest absolute Gasteiger partial charge is 0.340 e. The molecule has 1 unspecified atom stereocenters. The molecule has 2 N–H and O–H groups in total. The largest absolute Gasteiger partial charge is 0.487 e. The minimum absolute atomic E-state index is 0.00415. The van der Waals surface area contributed by atoms with Crippen molar-refractivity contribution in [2.24, 2.45) is 0 Å². The fourth-order valence-corrected chi connectivity index (χ4v) is 1.99. The van der Waals surface area contributed by atoms with Crippen molar-refractivity contribution in [3.05, 3.63) is 59.9 Å². The molecule has 0 saturated heterocycles. The van der Waals surface area contributed by atoms with Crippen molar-refractivity contribution < 1.29 is 29.0 Å². The summed E-state index contributed by atoms with van der Waals surface area (Å²) in [5.74, 6) is -2.92. The van der Waals surface area contributed by atoms with Crippen molar-refractivity contribution in [2.75, 3.05) is 6.61 Å². The molecule has 0 fully saturated rings. The van der Waals surface area contributed by atoms with Gasteiger partial charge >= 0.3 is 11.9 Å². The molecule has 0 radical (unpaired) electrons. The van der Waals surface area contributed by atoms with Gasteiger partial charge in [0.05, 0.1) is 12.8 Å². The van der Waals surface area contributed by atoms with Crippen LogP contribution in [0.1, 0.15) is 23.0 Å². The Labute approximate surface area is 149 Å². The number of rotatable bonds is 8. The number of nitrogens with zero attached hydrogens (tertiary/aromatic N) is 1. The number of carbonyl (C=O) groups excluding carboxylic acids is 2. The van der Waals surface area contributed by atoms with Gasteiger partial charge in [0.1, 0.15) is 18.1 Å². The summed E-state index contributed by atoms with van der Waals surface area (Å²) in [7, 11) is 0. The Morgan fingerprint density at radius 2 is 1.88 bits per heavy atom. The van der Waals surface area contributed by atoms with Crippen LogP contribution in [0.15, 0.2) is 48.7 Å². The number of aromatic nitrogens is 1. The van der Waals surface area contributed by atoms with E-state index >= 15 is 0 Å². The molecule has 8 nitrogen and oxygen atoms in total. The molecule has 1 aromatic heterocycles. The van der Waals surface area contributed by atoms with Crippen LogP contribution in [0.3, 0.4) is 0 Å². The molecular weight excluding hydrogens is 340 g/mol. The number of hydrogen-bond donors (Lipinski definition) is 2. The highest BCUT2D eigenvalue weighted by Crippen LogP contribution is 2.12. The lowest BCUT2D eigenvalue weighted by Crippen LogP contribution is -2.47. The number of amides is 1. The number of nitrogens with one attached hydrogen (secondary N) is 1. The molecule has 0 bridgehead atoms. The maximum absolute atomic E-state index is 12.1. The first-order valence-electron chi connectivity index (χ1n) is 7.84. The maximum Gasteiger partial charge on any atom is 0.340 e. The Morgan fingerprint density at radius 3 is 2.46 bits per heavy atom. The normalized spacial score (nSPS) is 11.3. The number of aliphatic carboxylic acids is 1. The van der Waals surface area contributed by atoms with E-state index in [1.165, 1.54) is 25.3 Å². The monoisotopic (exact) mass is 358 g/mol. The van der Waals surface area contributed by atoms with E-state index in [4.69, 9.17) is 9.84 Å². The van der Waals surface area contributed by atoms with Crippen molar-refractivity contribution >= 4 is 17.8 Å². The molecule has 0 saturated carbocycles. The van der Waals surface area contributed by atoms with E-state index in [1.807, 2.05) is 30.3 Å². The lowest BCUT2D eigenvalue weighted by Gasteiger charge is -2.13. The number of carboxylic acids is 1. The van der Waals surface area contributed by atoms with Gasteiger partial charge in [-0.25, -0.2) is 14.6 Å². The average Bonchev–Trinajstić information content (AvgIpc) is 2.65. The second kappa shape index (κ2) is 9.16. The van der Waals surface area contributed by atoms with E-state index in [2.05, 4.69) is 15.0 Å².